The van der Waals surface area contributed by atoms with Gasteiger partial charge in [0.05, 0.1) is 16.8 Å². The van der Waals surface area contributed by atoms with E-state index >= 15 is 0 Å². The molecule has 4 rings (SSSR count). The van der Waals surface area contributed by atoms with Crippen LogP contribution in [0, 0.1) is 0 Å². The molecule has 0 bridgehead atoms. The van der Waals surface area contributed by atoms with Gasteiger partial charge in [0, 0.05) is 12.6 Å². The zero-order valence-corrected chi connectivity index (χ0v) is 13.3. The fourth-order valence-electron chi connectivity index (χ4n) is 3.05. The largest absolute Gasteiger partial charge is 0.306 e. The first-order valence-corrected chi connectivity index (χ1v) is 8.22. The summed E-state index contributed by atoms with van der Waals surface area (Å²) in [6, 6.07) is 1.81. The Morgan fingerprint density at radius 1 is 1.45 bits per heavy atom. The Morgan fingerprint density at radius 2 is 2.32 bits per heavy atom. The third-order valence-electron chi connectivity index (χ3n) is 4.18. The number of allylic oxidation sites excluding steroid dienone is 1. The molecule has 1 N–H and O–H groups in total. The minimum absolute atomic E-state index is 0.0794. The number of fused-ring (bicyclic) bond motifs is 2. The molecule has 0 radical (unpaired) electrons. The van der Waals surface area contributed by atoms with Crippen molar-refractivity contribution in [3.8, 4) is 0 Å². The zero-order valence-electron chi connectivity index (χ0n) is 12.5. The highest BCUT2D eigenvalue weighted by molar-refractivity contribution is 7.16. The molecule has 0 aromatic carbocycles. The number of aromatic nitrogens is 4. The van der Waals surface area contributed by atoms with Gasteiger partial charge in [0.25, 0.3) is 5.56 Å². The number of hydrogen-bond acceptors (Lipinski definition) is 4. The summed E-state index contributed by atoms with van der Waals surface area (Å²) in [4.78, 5) is 20.3. The maximum absolute atomic E-state index is 12.1. The van der Waals surface area contributed by atoms with Gasteiger partial charge in [0.1, 0.15) is 10.7 Å². The highest BCUT2D eigenvalue weighted by Gasteiger charge is 2.19. The van der Waals surface area contributed by atoms with Crippen molar-refractivity contribution in [1.82, 2.24) is 19.7 Å². The lowest BCUT2D eigenvalue weighted by Gasteiger charge is -2.04. The third-order valence-corrected chi connectivity index (χ3v) is 4.99. The van der Waals surface area contributed by atoms with Gasteiger partial charge in [0.15, 0.2) is 0 Å². The number of aromatic amines is 1. The van der Waals surface area contributed by atoms with E-state index in [0.717, 1.165) is 28.9 Å². The first kappa shape index (κ1) is 13.5. The molecule has 0 aliphatic heterocycles. The van der Waals surface area contributed by atoms with Crippen molar-refractivity contribution in [2.24, 2.45) is 7.05 Å². The zero-order chi connectivity index (χ0) is 15.3. The number of rotatable bonds is 2. The molecule has 0 saturated heterocycles. The van der Waals surface area contributed by atoms with Gasteiger partial charge in [-0.3, -0.25) is 9.48 Å². The molecule has 5 nitrogen and oxygen atoms in total. The Morgan fingerprint density at radius 3 is 3.18 bits per heavy atom. The molecule has 0 spiro atoms. The van der Waals surface area contributed by atoms with Crippen LogP contribution in [0.3, 0.4) is 0 Å². The standard InChI is InChI=1S/C16H16N4OS/c1-9(8-13-10-4-3-5-12(10)19-20(13)2)14-17-15(21)11-6-7-22-16(11)18-14/h6-8H,3-5H2,1-2H3,(H,17,18,21)/b9-8-. The second kappa shape index (κ2) is 4.91. The molecule has 1 aliphatic carbocycles. The van der Waals surface area contributed by atoms with Crippen molar-refractivity contribution in [3.63, 3.8) is 0 Å². The number of nitrogens with zero attached hydrogens (tertiary/aromatic N) is 3. The summed E-state index contributed by atoms with van der Waals surface area (Å²) >= 11 is 1.49. The topological polar surface area (TPSA) is 63.6 Å². The van der Waals surface area contributed by atoms with Crippen molar-refractivity contribution in [2.75, 3.05) is 0 Å². The predicted octanol–water partition coefficient (Wildman–Crippen LogP) is 2.77. The van der Waals surface area contributed by atoms with Crippen LogP contribution in [-0.2, 0) is 19.9 Å². The van der Waals surface area contributed by atoms with Gasteiger partial charge in [-0.15, -0.1) is 11.3 Å². The second-order valence-electron chi connectivity index (χ2n) is 5.67. The summed E-state index contributed by atoms with van der Waals surface area (Å²) in [5.74, 6) is 0.632. The highest BCUT2D eigenvalue weighted by atomic mass is 32.1. The van der Waals surface area contributed by atoms with E-state index < -0.39 is 0 Å². The van der Waals surface area contributed by atoms with E-state index in [1.165, 1.54) is 29.0 Å². The Balaban J connectivity index is 1.83. The van der Waals surface area contributed by atoms with Crippen molar-refractivity contribution >= 4 is 33.2 Å². The smallest absolute Gasteiger partial charge is 0.259 e. The van der Waals surface area contributed by atoms with Gasteiger partial charge in [0.2, 0.25) is 0 Å². The molecule has 6 heteroatoms. The van der Waals surface area contributed by atoms with Gasteiger partial charge < -0.3 is 4.98 Å². The molecule has 0 unspecified atom stereocenters. The molecular weight excluding hydrogens is 296 g/mol. The predicted molar refractivity (Wildman–Crippen MR) is 89.0 cm³/mol. The molecule has 0 atom stereocenters. The van der Waals surface area contributed by atoms with E-state index in [9.17, 15) is 4.79 Å². The van der Waals surface area contributed by atoms with Crippen LogP contribution in [0.4, 0.5) is 0 Å². The minimum atomic E-state index is -0.0794. The van der Waals surface area contributed by atoms with Crippen molar-refractivity contribution in [3.05, 3.63) is 44.6 Å². The Bertz CT molecular complexity index is 960. The van der Waals surface area contributed by atoms with Gasteiger partial charge in [-0.05, 0) is 49.3 Å². The molecule has 0 fully saturated rings. The van der Waals surface area contributed by atoms with Gasteiger partial charge in [-0.2, -0.15) is 5.10 Å². The van der Waals surface area contributed by atoms with E-state index in [1.54, 1.807) is 0 Å². The molecule has 0 amide bonds. The van der Waals surface area contributed by atoms with Crippen molar-refractivity contribution in [2.45, 2.75) is 26.2 Å². The summed E-state index contributed by atoms with van der Waals surface area (Å²) in [7, 11) is 1.97. The lowest BCUT2D eigenvalue weighted by Crippen LogP contribution is -2.09. The fraction of sp³-hybridized carbons (Fsp3) is 0.312. The molecular formula is C16H16N4OS. The van der Waals surface area contributed by atoms with Gasteiger partial charge in [-0.25, -0.2) is 4.98 Å². The number of aryl methyl sites for hydroxylation is 2. The van der Waals surface area contributed by atoms with Crippen LogP contribution in [0.25, 0.3) is 21.9 Å². The third kappa shape index (κ3) is 2.02. The average molecular weight is 312 g/mol. The van der Waals surface area contributed by atoms with Gasteiger partial charge in [-0.1, -0.05) is 0 Å². The van der Waals surface area contributed by atoms with Crippen LogP contribution >= 0.6 is 11.3 Å². The lowest BCUT2D eigenvalue weighted by molar-refractivity contribution is 0.721. The number of hydrogen-bond donors (Lipinski definition) is 1. The maximum atomic E-state index is 12.1. The molecule has 1 aliphatic rings. The summed E-state index contributed by atoms with van der Waals surface area (Å²) in [5.41, 5.74) is 4.53. The number of thiophene rings is 1. The number of H-pyrrole nitrogens is 1. The van der Waals surface area contributed by atoms with Crippen molar-refractivity contribution in [1.29, 1.82) is 0 Å². The van der Waals surface area contributed by atoms with Crippen LogP contribution in [0.5, 0.6) is 0 Å². The molecule has 3 aromatic rings. The Kier molecular flexibility index (Phi) is 3.00. The molecule has 22 heavy (non-hydrogen) atoms. The van der Waals surface area contributed by atoms with Crippen molar-refractivity contribution < 1.29 is 0 Å². The summed E-state index contributed by atoms with van der Waals surface area (Å²) in [6.45, 7) is 1.98. The van der Waals surface area contributed by atoms with Crippen LogP contribution < -0.4 is 5.56 Å². The second-order valence-corrected chi connectivity index (χ2v) is 6.56. The normalized spacial score (nSPS) is 14.7. The SMILES string of the molecule is C/C(=C/c1c2c(nn1C)CCC2)c1nc2sccc2c(=O)[nH]1. The molecule has 3 aromatic heterocycles. The molecule has 112 valence electrons. The average Bonchev–Trinajstić information content (AvgIpc) is 3.17. The first-order chi connectivity index (χ1) is 10.6. The van der Waals surface area contributed by atoms with E-state index in [-0.39, 0.29) is 5.56 Å². The monoisotopic (exact) mass is 312 g/mol. The van der Waals surface area contributed by atoms with Crippen LogP contribution in [0.2, 0.25) is 0 Å². The summed E-state index contributed by atoms with van der Waals surface area (Å²) < 4.78 is 1.93. The van der Waals surface area contributed by atoms with Gasteiger partial charge >= 0.3 is 0 Å². The van der Waals surface area contributed by atoms with E-state index in [1.807, 2.05) is 30.1 Å². The Hall–Kier alpha value is -2.21. The molecule has 0 saturated carbocycles. The summed E-state index contributed by atoms with van der Waals surface area (Å²) in [6.07, 6.45) is 5.39. The maximum Gasteiger partial charge on any atom is 0.259 e. The van der Waals surface area contributed by atoms with E-state index in [4.69, 9.17) is 0 Å². The quantitative estimate of drug-likeness (QED) is 0.791. The Labute approximate surface area is 131 Å². The summed E-state index contributed by atoms with van der Waals surface area (Å²) in [5, 5.41) is 7.13. The lowest BCUT2D eigenvalue weighted by atomic mass is 10.1. The van der Waals surface area contributed by atoms with E-state index in [0.29, 0.717) is 11.2 Å². The molecule has 3 heterocycles. The van der Waals surface area contributed by atoms with Crippen LogP contribution in [0.15, 0.2) is 16.2 Å². The minimum Gasteiger partial charge on any atom is -0.306 e. The number of nitrogens with one attached hydrogen (secondary N) is 1. The van der Waals surface area contributed by atoms with Crippen LogP contribution in [-0.4, -0.2) is 19.7 Å². The first-order valence-electron chi connectivity index (χ1n) is 7.34. The fourth-order valence-corrected chi connectivity index (χ4v) is 3.81. The highest BCUT2D eigenvalue weighted by Crippen LogP contribution is 2.27. The van der Waals surface area contributed by atoms with Crippen LogP contribution in [0.1, 0.15) is 36.1 Å². The van der Waals surface area contributed by atoms with E-state index in [2.05, 4.69) is 21.1 Å².